The fourth-order valence-electron chi connectivity index (χ4n) is 6.58. The van der Waals surface area contributed by atoms with E-state index in [1.807, 2.05) is 6.08 Å². The van der Waals surface area contributed by atoms with Crippen LogP contribution in [0.15, 0.2) is 60.8 Å². The SMILES string of the molecule is CC/C=C\C/C=C\CCCCCCCC(=O)OCC(COC(=O)CCCCCCCCC/C=C\CCCCCC)OC(=O)CC/C=C\C/C=C\CCCCCCCC. The Bertz CT molecular complexity index is 1070. The van der Waals surface area contributed by atoms with Gasteiger partial charge in [-0.1, -0.05) is 184 Å². The van der Waals surface area contributed by atoms with Crippen LogP contribution < -0.4 is 0 Å². The molecule has 0 heterocycles. The van der Waals surface area contributed by atoms with Gasteiger partial charge in [0.1, 0.15) is 13.2 Å². The maximum absolute atomic E-state index is 12.7. The molecule has 0 saturated heterocycles. The third kappa shape index (κ3) is 44.2. The Kier molecular flexibility index (Phi) is 44.5. The second kappa shape index (κ2) is 46.8. The summed E-state index contributed by atoms with van der Waals surface area (Å²) in [5, 5.41) is 0. The lowest BCUT2D eigenvalue weighted by molar-refractivity contribution is -0.166. The number of hydrogen-bond donors (Lipinski definition) is 0. The van der Waals surface area contributed by atoms with Crippen molar-refractivity contribution in [2.24, 2.45) is 0 Å². The molecule has 0 aromatic rings. The predicted octanol–water partition coefficient (Wildman–Crippen LogP) is 15.7. The molecule has 0 radical (unpaired) electrons. The van der Waals surface area contributed by atoms with Crippen LogP contribution in [-0.2, 0) is 28.6 Å². The molecule has 0 amide bonds. The van der Waals surface area contributed by atoms with Crippen LogP contribution in [0, 0.1) is 0 Å². The van der Waals surface area contributed by atoms with Crippen LogP contribution in [0.5, 0.6) is 0 Å². The number of rotatable bonds is 43. The zero-order valence-corrected chi connectivity index (χ0v) is 38.0. The number of unbranched alkanes of at least 4 members (excludes halogenated alkanes) is 22. The Labute approximate surface area is 358 Å². The third-order valence-corrected chi connectivity index (χ3v) is 10.2. The molecule has 0 saturated carbocycles. The minimum atomic E-state index is -0.810. The van der Waals surface area contributed by atoms with Crippen molar-refractivity contribution < 1.29 is 28.6 Å². The number of carbonyl (C=O) groups excluding carboxylic acids is 3. The minimum absolute atomic E-state index is 0.104. The summed E-state index contributed by atoms with van der Waals surface area (Å²) in [6.07, 6.45) is 56.4. The van der Waals surface area contributed by atoms with E-state index < -0.39 is 6.10 Å². The van der Waals surface area contributed by atoms with E-state index in [9.17, 15) is 14.4 Å². The van der Waals surface area contributed by atoms with Crippen molar-refractivity contribution in [1.29, 1.82) is 0 Å². The van der Waals surface area contributed by atoms with E-state index in [0.717, 1.165) is 83.5 Å². The first-order valence-corrected chi connectivity index (χ1v) is 24.3. The van der Waals surface area contributed by atoms with Gasteiger partial charge < -0.3 is 14.2 Å². The largest absolute Gasteiger partial charge is 0.462 e. The predicted molar refractivity (Wildman–Crippen MR) is 247 cm³/mol. The number of hydrogen-bond acceptors (Lipinski definition) is 6. The molecule has 334 valence electrons. The van der Waals surface area contributed by atoms with E-state index in [0.29, 0.717) is 19.3 Å². The molecular weight excluding hydrogens is 721 g/mol. The molecule has 0 rings (SSSR count). The molecule has 1 atom stereocenters. The second-order valence-corrected chi connectivity index (χ2v) is 16.0. The van der Waals surface area contributed by atoms with Crippen LogP contribution in [0.3, 0.4) is 0 Å². The van der Waals surface area contributed by atoms with Crippen molar-refractivity contribution in [3.63, 3.8) is 0 Å². The van der Waals surface area contributed by atoms with Gasteiger partial charge in [-0.2, -0.15) is 0 Å². The normalized spacial score (nSPS) is 12.5. The first-order valence-electron chi connectivity index (χ1n) is 24.3. The molecule has 0 aromatic carbocycles. The van der Waals surface area contributed by atoms with E-state index >= 15 is 0 Å². The fraction of sp³-hybridized carbons (Fsp3) is 0.750. The first-order chi connectivity index (χ1) is 28.5. The summed E-state index contributed by atoms with van der Waals surface area (Å²) in [4.78, 5) is 37.8. The minimum Gasteiger partial charge on any atom is -0.462 e. The Hall–Kier alpha value is -2.89. The highest BCUT2D eigenvalue weighted by Gasteiger charge is 2.19. The van der Waals surface area contributed by atoms with E-state index in [1.54, 1.807) is 0 Å². The molecule has 0 aliphatic carbocycles. The average Bonchev–Trinajstić information content (AvgIpc) is 3.22. The lowest BCUT2D eigenvalue weighted by Crippen LogP contribution is -2.30. The fourth-order valence-corrected chi connectivity index (χ4v) is 6.58. The van der Waals surface area contributed by atoms with Crippen molar-refractivity contribution in [2.75, 3.05) is 13.2 Å². The Morgan fingerprint density at radius 3 is 1.14 bits per heavy atom. The summed E-state index contributed by atoms with van der Waals surface area (Å²) in [6, 6.07) is 0. The van der Waals surface area contributed by atoms with Crippen molar-refractivity contribution in [3.05, 3.63) is 60.8 Å². The van der Waals surface area contributed by atoms with Gasteiger partial charge in [-0.25, -0.2) is 0 Å². The van der Waals surface area contributed by atoms with Gasteiger partial charge in [-0.3, -0.25) is 14.4 Å². The molecule has 0 bridgehead atoms. The highest BCUT2D eigenvalue weighted by molar-refractivity contribution is 5.71. The lowest BCUT2D eigenvalue weighted by atomic mass is 10.1. The molecular formula is C52H90O6. The highest BCUT2D eigenvalue weighted by atomic mass is 16.6. The second-order valence-electron chi connectivity index (χ2n) is 16.0. The van der Waals surface area contributed by atoms with Crippen LogP contribution >= 0.6 is 0 Å². The number of esters is 3. The Morgan fingerprint density at radius 2 is 0.707 bits per heavy atom. The quantitative estimate of drug-likeness (QED) is 0.0264. The average molecular weight is 811 g/mol. The van der Waals surface area contributed by atoms with Crippen molar-refractivity contribution in [3.8, 4) is 0 Å². The van der Waals surface area contributed by atoms with Crippen molar-refractivity contribution in [1.82, 2.24) is 0 Å². The summed E-state index contributed by atoms with van der Waals surface area (Å²) in [5.41, 5.74) is 0. The van der Waals surface area contributed by atoms with Gasteiger partial charge in [0.2, 0.25) is 0 Å². The van der Waals surface area contributed by atoms with Gasteiger partial charge in [0.05, 0.1) is 0 Å². The number of allylic oxidation sites excluding steroid dienone is 10. The zero-order valence-electron chi connectivity index (χ0n) is 38.0. The molecule has 0 spiro atoms. The van der Waals surface area contributed by atoms with Gasteiger partial charge in [0.15, 0.2) is 6.10 Å². The Balaban J connectivity index is 4.46. The zero-order chi connectivity index (χ0) is 42.3. The maximum atomic E-state index is 12.7. The molecule has 0 fully saturated rings. The standard InChI is InChI=1S/C52H90O6/c1-4-7-10-13-16-19-22-25-26-28-30-33-36-39-42-45-51(54)57-48-49(47-56-50(53)44-41-38-35-32-29-24-21-18-15-12-9-6-3)58-52(55)46-43-40-37-34-31-27-23-20-17-14-11-8-5-2/h9,12,18-19,21-22,27,31,37,40,49H,4-8,10-11,13-17,20,23-26,28-30,32-36,38-39,41-48H2,1-3H3/b12-9-,21-18-,22-19-,31-27-,40-37-. The van der Waals surface area contributed by atoms with Crippen LogP contribution in [0.2, 0.25) is 0 Å². The van der Waals surface area contributed by atoms with Gasteiger partial charge in [-0.05, 0) is 89.9 Å². The summed E-state index contributed by atoms with van der Waals surface area (Å²) < 4.78 is 16.7. The summed E-state index contributed by atoms with van der Waals surface area (Å²) in [7, 11) is 0. The van der Waals surface area contributed by atoms with Crippen molar-refractivity contribution in [2.45, 2.75) is 239 Å². The summed E-state index contributed by atoms with van der Waals surface area (Å²) in [5.74, 6) is -0.992. The Morgan fingerprint density at radius 1 is 0.362 bits per heavy atom. The van der Waals surface area contributed by atoms with Crippen LogP contribution in [0.1, 0.15) is 233 Å². The van der Waals surface area contributed by atoms with Gasteiger partial charge >= 0.3 is 17.9 Å². The molecule has 58 heavy (non-hydrogen) atoms. The van der Waals surface area contributed by atoms with E-state index in [1.165, 1.54) is 103 Å². The van der Waals surface area contributed by atoms with Crippen LogP contribution in [-0.4, -0.2) is 37.2 Å². The molecule has 0 aromatic heterocycles. The molecule has 6 nitrogen and oxygen atoms in total. The number of ether oxygens (including phenoxy) is 3. The van der Waals surface area contributed by atoms with Gasteiger partial charge in [-0.15, -0.1) is 0 Å². The van der Waals surface area contributed by atoms with Gasteiger partial charge in [0, 0.05) is 19.3 Å². The van der Waals surface area contributed by atoms with E-state index in [2.05, 4.69) is 75.5 Å². The maximum Gasteiger partial charge on any atom is 0.306 e. The number of carbonyl (C=O) groups is 3. The van der Waals surface area contributed by atoms with Gasteiger partial charge in [0.25, 0.3) is 0 Å². The summed E-state index contributed by atoms with van der Waals surface area (Å²) >= 11 is 0. The van der Waals surface area contributed by atoms with E-state index in [4.69, 9.17) is 14.2 Å². The van der Waals surface area contributed by atoms with Crippen molar-refractivity contribution >= 4 is 17.9 Å². The van der Waals surface area contributed by atoms with E-state index in [-0.39, 0.29) is 37.5 Å². The van der Waals surface area contributed by atoms with Crippen LogP contribution in [0.25, 0.3) is 0 Å². The molecule has 6 heteroatoms. The molecule has 1 unspecified atom stereocenters. The smallest absolute Gasteiger partial charge is 0.306 e. The third-order valence-electron chi connectivity index (χ3n) is 10.2. The topological polar surface area (TPSA) is 78.9 Å². The molecule has 0 aliphatic heterocycles. The summed E-state index contributed by atoms with van der Waals surface area (Å²) in [6.45, 7) is 6.43. The lowest BCUT2D eigenvalue weighted by Gasteiger charge is -2.18. The monoisotopic (exact) mass is 811 g/mol. The first kappa shape index (κ1) is 55.1. The molecule has 0 N–H and O–H groups in total. The highest BCUT2D eigenvalue weighted by Crippen LogP contribution is 2.13. The van der Waals surface area contributed by atoms with Crippen LogP contribution in [0.4, 0.5) is 0 Å². The molecule has 0 aliphatic rings.